The van der Waals surface area contributed by atoms with Crippen LogP contribution in [-0.4, -0.2) is 38.4 Å². The van der Waals surface area contributed by atoms with E-state index in [4.69, 9.17) is 0 Å². The average molecular weight is 351 g/mol. The van der Waals surface area contributed by atoms with Crippen molar-refractivity contribution >= 4 is 34.4 Å². The van der Waals surface area contributed by atoms with Crippen molar-refractivity contribution in [1.82, 2.24) is 14.9 Å². The van der Waals surface area contributed by atoms with Crippen LogP contribution in [0.2, 0.25) is 0 Å². The number of fused-ring (bicyclic) bond motifs is 1. The highest BCUT2D eigenvalue weighted by atomic mass is 32.2. The van der Waals surface area contributed by atoms with Gasteiger partial charge in [0.05, 0.1) is 0 Å². The second-order valence-corrected chi connectivity index (χ2v) is 7.14. The normalized spacial score (nSPS) is 20.1. The third-order valence-corrected chi connectivity index (χ3v) is 5.81. The number of rotatable bonds is 3. The van der Waals surface area contributed by atoms with Crippen LogP contribution in [-0.2, 0) is 4.79 Å². The Balaban J connectivity index is 1.70. The van der Waals surface area contributed by atoms with Gasteiger partial charge in [-0.15, -0.1) is 11.8 Å². The number of amides is 1. The fourth-order valence-electron chi connectivity index (χ4n) is 3.33. The quantitative estimate of drug-likeness (QED) is 0.735. The average Bonchev–Trinajstić information content (AvgIpc) is 3.26. The maximum Gasteiger partial charge on any atom is 0.221 e. The number of carbonyl (C=O) groups is 2. The number of aromatic amines is 1. The van der Waals surface area contributed by atoms with Gasteiger partial charge in [0.1, 0.15) is 11.4 Å². The maximum absolute atomic E-state index is 13.2. The Morgan fingerprint density at radius 1 is 1.24 bits per heavy atom. The first kappa shape index (κ1) is 15.9. The molecule has 1 amide bonds. The van der Waals surface area contributed by atoms with E-state index >= 15 is 0 Å². The molecule has 0 radical (unpaired) electrons. The molecule has 0 spiro atoms. The predicted octanol–water partition coefficient (Wildman–Crippen LogP) is 3.41. The highest BCUT2D eigenvalue weighted by molar-refractivity contribution is 7.99. The summed E-state index contributed by atoms with van der Waals surface area (Å²) in [6.45, 7) is 1.52. The predicted molar refractivity (Wildman–Crippen MR) is 98.4 cm³/mol. The molecule has 2 aromatic heterocycles. The number of nitrogens with one attached hydrogen (secondary N) is 1. The first-order chi connectivity index (χ1) is 12.2. The lowest BCUT2D eigenvalue weighted by Gasteiger charge is -2.27. The third kappa shape index (κ3) is 2.72. The summed E-state index contributed by atoms with van der Waals surface area (Å²) in [5.74, 6) is 0.459. The van der Waals surface area contributed by atoms with Gasteiger partial charge >= 0.3 is 0 Å². The Morgan fingerprint density at radius 3 is 2.84 bits per heavy atom. The summed E-state index contributed by atoms with van der Waals surface area (Å²) in [5, 5.41) is 0.719. The number of hydrogen-bond acceptors (Lipinski definition) is 4. The lowest BCUT2D eigenvalue weighted by atomic mass is 10.0. The Bertz CT molecular complexity index is 938. The number of thioether (sulfide) groups is 1. The molecule has 1 aliphatic rings. The van der Waals surface area contributed by atoms with Crippen molar-refractivity contribution in [1.29, 1.82) is 0 Å². The Hall–Kier alpha value is -2.60. The number of pyridine rings is 1. The lowest BCUT2D eigenvalue weighted by Crippen LogP contribution is -2.41. The van der Waals surface area contributed by atoms with Crippen molar-refractivity contribution in [3.63, 3.8) is 0 Å². The summed E-state index contributed by atoms with van der Waals surface area (Å²) in [6.07, 6.45) is 5.20. The molecule has 6 heteroatoms. The zero-order valence-electron chi connectivity index (χ0n) is 13.7. The minimum Gasteiger partial charge on any atom is -0.360 e. The number of Topliss-reactive ketones (excluding diaryl/α,β-unsaturated/α-hetero) is 1. The fraction of sp³-hybridized carbons (Fsp3) is 0.211. The van der Waals surface area contributed by atoms with Crippen molar-refractivity contribution in [2.75, 3.05) is 5.75 Å². The van der Waals surface area contributed by atoms with E-state index in [1.807, 2.05) is 36.4 Å². The van der Waals surface area contributed by atoms with Crippen LogP contribution in [0, 0.1) is 0 Å². The van der Waals surface area contributed by atoms with Crippen LogP contribution in [0.5, 0.6) is 0 Å². The van der Waals surface area contributed by atoms with Gasteiger partial charge in [0.15, 0.2) is 5.78 Å². The van der Waals surface area contributed by atoms with Crippen LogP contribution in [0.15, 0.2) is 55.0 Å². The van der Waals surface area contributed by atoms with Gasteiger partial charge in [-0.1, -0.05) is 24.3 Å². The van der Waals surface area contributed by atoms with E-state index in [0.717, 1.165) is 16.5 Å². The topological polar surface area (TPSA) is 66.1 Å². The van der Waals surface area contributed by atoms with Crippen LogP contribution in [0.3, 0.4) is 0 Å². The van der Waals surface area contributed by atoms with Crippen LogP contribution < -0.4 is 0 Å². The zero-order valence-corrected chi connectivity index (χ0v) is 14.5. The summed E-state index contributed by atoms with van der Waals surface area (Å²) < 4.78 is 0. The number of ketones is 1. The molecule has 0 unspecified atom stereocenters. The summed E-state index contributed by atoms with van der Waals surface area (Å²) >= 11 is 1.61. The van der Waals surface area contributed by atoms with Gasteiger partial charge < -0.3 is 9.88 Å². The van der Waals surface area contributed by atoms with Crippen molar-refractivity contribution < 1.29 is 9.59 Å². The van der Waals surface area contributed by atoms with Gasteiger partial charge in [0, 0.05) is 53.3 Å². The highest BCUT2D eigenvalue weighted by Crippen LogP contribution is 2.42. The van der Waals surface area contributed by atoms with Gasteiger partial charge in [-0.2, -0.15) is 0 Å². The van der Waals surface area contributed by atoms with Crippen LogP contribution in [0.1, 0.15) is 28.2 Å². The van der Waals surface area contributed by atoms with E-state index in [2.05, 4.69) is 9.97 Å². The van der Waals surface area contributed by atoms with Crippen molar-refractivity contribution in [2.45, 2.75) is 18.3 Å². The third-order valence-electron chi connectivity index (χ3n) is 4.49. The van der Waals surface area contributed by atoms with E-state index in [-0.39, 0.29) is 17.1 Å². The molecule has 25 heavy (non-hydrogen) atoms. The Labute approximate surface area is 149 Å². The molecule has 3 aromatic rings. The lowest BCUT2D eigenvalue weighted by molar-refractivity contribution is -0.130. The molecule has 0 aliphatic carbocycles. The maximum atomic E-state index is 13.2. The van der Waals surface area contributed by atoms with Gasteiger partial charge in [-0.3, -0.25) is 14.6 Å². The van der Waals surface area contributed by atoms with Crippen LogP contribution >= 0.6 is 11.8 Å². The number of benzene rings is 1. The minimum absolute atomic E-state index is 0.0217. The number of hydrogen-bond donors (Lipinski definition) is 1. The molecule has 2 atom stereocenters. The highest BCUT2D eigenvalue weighted by Gasteiger charge is 2.41. The summed E-state index contributed by atoms with van der Waals surface area (Å²) in [4.78, 5) is 34.4. The zero-order chi connectivity index (χ0) is 17.4. The largest absolute Gasteiger partial charge is 0.360 e. The first-order valence-electron chi connectivity index (χ1n) is 8.07. The molecular weight excluding hydrogens is 334 g/mol. The second-order valence-electron chi connectivity index (χ2n) is 6.03. The number of H-pyrrole nitrogens is 1. The molecule has 3 heterocycles. The molecule has 0 bridgehead atoms. The second kappa shape index (κ2) is 6.37. The van der Waals surface area contributed by atoms with E-state index in [0.29, 0.717) is 11.3 Å². The smallest absolute Gasteiger partial charge is 0.221 e. The SMILES string of the molecule is CC(=O)N1[C@@H](c2cccnc2)SC[C@H]1C(=O)c1c[nH]c2ccccc12. The van der Waals surface area contributed by atoms with Crippen molar-refractivity contribution in [3.05, 3.63) is 66.1 Å². The van der Waals surface area contributed by atoms with Gasteiger partial charge in [-0.25, -0.2) is 0 Å². The molecule has 1 aliphatic heterocycles. The number of para-hydroxylation sites is 1. The first-order valence-corrected chi connectivity index (χ1v) is 9.12. The van der Waals surface area contributed by atoms with Crippen molar-refractivity contribution in [3.8, 4) is 0 Å². The summed E-state index contributed by atoms with van der Waals surface area (Å²) in [7, 11) is 0. The Kier molecular flexibility index (Phi) is 4.05. The van der Waals surface area contributed by atoms with E-state index in [1.165, 1.54) is 6.92 Å². The number of carbonyl (C=O) groups excluding carboxylic acids is 2. The monoisotopic (exact) mass is 351 g/mol. The van der Waals surface area contributed by atoms with Crippen LogP contribution in [0.25, 0.3) is 10.9 Å². The van der Waals surface area contributed by atoms with Gasteiger partial charge in [0.2, 0.25) is 5.91 Å². The molecule has 1 aromatic carbocycles. The van der Waals surface area contributed by atoms with E-state index in [9.17, 15) is 9.59 Å². The molecule has 1 N–H and O–H groups in total. The molecule has 1 fully saturated rings. The molecule has 0 saturated carbocycles. The van der Waals surface area contributed by atoms with Gasteiger partial charge in [0.25, 0.3) is 0 Å². The fourth-order valence-corrected chi connectivity index (χ4v) is 4.79. The Morgan fingerprint density at radius 2 is 2.08 bits per heavy atom. The van der Waals surface area contributed by atoms with E-state index in [1.54, 1.807) is 35.3 Å². The summed E-state index contributed by atoms with van der Waals surface area (Å²) in [5.41, 5.74) is 2.51. The molecular formula is C19H17N3O2S. The molecule has 126 valence electrons. The molecule has 5 nitrogen and oxygen atoms in total. The number of nitrogens with zero attached hydrogens (tertiary/aromatic N) is 2. The molecule has 1 saturated heterocycles. The minimum atomic E-state index is -0.466. The van der Waals surface area contributed by atoms with Crippen LogP contribution in [0.4, 0.5) is 0 Å². The van der Waals surface area contributed by atoms with Gasteiger partial charge in [-0.05, 0) is 12.1 Å². The summed E-state index contributed by atoms with van der Waals surface area (Å²) in [6, 6.07) is 11.0. The standard InChI is InChI=1S/C19H17N3O2S/c1-12(23)22-17(11-25-19(22)13-5-4-8-20-9-13)18(24)15-10-21-16-7-3-2-6-14(15)16/h2-10,17,19,21H,11H2,1H3/t17-,19+/m0/s1. The van der Waals surface area contributed by atoms with E-state index < -0.39 is 6.04 Å². The molecule has 4 rings (SSSR count). The number of aromatic nitrogens is 2. The van der Waals surface area contributed by atoms with Crippen molar-refractivity contribution in [2.24, 2.45) is 0 Å².